The van der Waals surface area contributed by atoms with Crippen molar-refractivity contribution in [1.82, 2.24) is 0 Å². The molecule has 9 heavy (non-hydrogen) atoms. The topological polar surface area (TPSA) is 37.3 Å². The standard InChI is InChI=1S/C7H10O2/c1-5-2-3-7(9)6(5)4-8/h6,8H,1-4H2. The van der Waals surface area contributed by atoms with Crippen molar-refractivity contribution in [2.24, 2.45) is 5.92 Å². The summed E-state index contributed by atoms with van der Waals surface area (Å²) < 4.78 is 0. The fourth-order valence-corrected chi connectivity index (χ4v) is 1.09. The normalized spacial score (nSPS) is 27.4. The van der Waals surface area contributed by atoms with E-state index in [1.54, 1.807) is 0 Å². The van der Waals surface area contributed by atoms with E-state index in [-0.39, 0.29) is 18.3 Å². The zero-order valence-corrected chi connectivity index (χ0v) is 5.26. The number of carbonyl (C=O) groups excluding carboxylic acids is 1. The van der Waals surface area contributed by atoms with Gasteiger partial charge in [0.2, 0.25) is 0 Å². The molecular formula is C7H10O2. The van der Waals surface area contributed by atoms with E-state index in [1.807, 2.05) is 0 Å². The highest BCUT2D eigenvalue weighted by atomic mass is 16.3. The molecule has 0 aromatic carbocycles. The van der Waals surface area contributed by atoms with Crippen molar-refractivity contribution in [3.63, 3.8) is 0 Å². The van der Waals surface area contributed by atoms with Gasteiger partial charge in [0.05, 0.1) is 12.5 Å². The maximum atomic E-state index is 10.8. The Morgan fingerprint density at radius 2 is 2.33 bits per heavy atom. The molecule has 1 aliphatic carbocycles. The number of hydrogen-bond donors (Lipinski definition) is 1. The molecule has 0 aliphatic heterocycles. The Bertz CT molecular complexity index is 133. The van der Waals surface area contributed by atoms with Gasteiger partial charge >= 0.3 is 0 Å². The lowest BCUT2D eigenvalue weighted by molar-refractivity contribution is -0.120. The van der Waals surface area contributed by atoms with Crippen LogP contribution in [0.1, 0.15) is 12.8 Å². The molecule has 50 valence electrons. The lowest BCUT2D eigenvalue weighted by Crippen LogP contribution is -2.11. The van der Waals surface area contributed by atoms with Crippen LogP contribution in [0.25, 0.3) is 0 Å². The van der Waals surface area contributed by atoms with Crippen LogP contribution in [0, 0.1) is 5.92 Å². The van der Waals surface area contributed by atoms with Gasteiger partial charge in [0.1, 0.15) is 5.78 Å². The second kappa shape index (κ2) is 2.31. The zero-order chi connectivity index (χ0) is 6.85. The Kier molecular flexibility index (Phi) is 1.67. The van der Waals surface area contributed by atoms with E-state index in [0.717, 1.165) is 12.0 Å². The molecular weight excluding hydrogens is 116 g/mol. The number of aliphatic hydroxyl groups excluding tert-OH is 1. The van der Waals surface area contributed by atoms with Gasteiger partial charge in [-0.25, -0.2) is 0 Å². The summed E-state index contributed by atoms with van der Waals surface area (Å²) in [6, 6.07) is 0. The Morgan fingerprint density at radius 3 is 2.56 bits per heavy atom. The van der Waals surface area contributed by atoms with Crippen molar-refractivity contribution in [3.05, 3.63) is 12.2 Å². The third kappa shape index (κ3) is 1.03. The van der Waals surface area contributed by atoms with E-state index in [1.165, 1.54) is 0 Å². The molecule has 0 aromatic heterocycles. The van der Waals surface area contributed by atoms with E-state index in [9.17, 15) is 4.79 Å². The van der Waals surface area contributed by atoms with Crippen LogP contribution < -0.4 is 0 Å². The number of rotatable bonds is 1. The second-order valence-electron chi connectivity index (χ2n) is 2.36. The van der Waals surface area contributed by atoms with Gasteiger partial charge in [0.15, 0.2) is 0 Å². The Hall–Kier alpha value is -0.630. The van der Waals surface area contributed by atoms with Gasteiger partial charge in [0.25, 0.3) is 0 Å². The summed E-state index contributed by atoms with van der Waals surface area (Å²) in [5.74, 6) is -0.104. The number of aliphatic hydroxyl groups is 1. The molecule has 0 aromatic rings. The molecule has 0 saturated heterocycles. The maximum absolute atomic E-state index is 10.8. The SMILES string of the molecule is C=C1CCC(=O)C1CO. The lowest BCUT2D eigenvalue weighted by atomic mass is 10.1. The van der Waals surface area contributed by atoms with Crippen molar-refractivity contribution in [2.75, 3.05) is 6.61 Å². The van der Waals surface area contributed by atoms with E-state index < -0.39 is 0 Å². The first kappa shape index (κ1) is 6.49. The minimum absolute atomic E-state index is 0.0579. The van der Waals surface area contributed by atoms with Crippen LogP contribution >= 0.6 is 0 Å². The summed E-state index contributed by atoms with van der Waals surface area (Å²) in [5, 5.41) is 8.63. The molecule has 1 saturated carbocycles. The first-order chi connectivity index (χ1) is 4.25. The maximum Gasteiger partial charge on any atom is 0.142 e. The van der Waals surface area contributed by atoms with Gasteiger partial charge in [0, 0.05) is 6.42 Å². The number of hydrogen-bond acceptors (Lipinski definition) is 2. The van der Waals surface area contributed by atoms with E-state index in [2.05, 4.69) is 6.58 Å². The average molecular weight is 126 g/mol. The smallest absolute Gasteiger partial charge is 0.142 e. The van der Waals surface area contributed by atoms with Gasteiger partial charge < -0.3 is 5.11 Å². The van der Waals surface area contributed by atoms with Crippen molar-refractivity contribution in [1.29, 1.82) is 0 Å². The van der Waals surface area contributed by atoms with Crippen molar-refractivity contribution < 1.29 is 9.90 Å². The number of ketones is 1. The minimum atomic E-state index is -0.245. The molecule has 0 heterocycles. The molecule has 1 unspecified atom stereocenters. The number of Topliss-reactive ketones (excluding diaryl/α,β-unsaturated/α-hetero) is 1. The van der Waals surface area contributed by atoms with E-state index in [4.69, 9.17) is 5.11 Å². The predicted octanol–water partition coefficient (Wildman–Crippen LogP) is 0.514. The van der Waals surface area contributed by atoms with E-state index in [0.29, 0.717) is 6.42 Å². The highest BCUT2D eigenvalue weighted by Crippen LogP contribution is 2.25. The van der Waals surface area contributed by atoms with Gasteiger partial charge in [-0.3, -0.25) is 4.79 Å². The highest BCUT2D eigenvalue weighted by molar-refractivity contribution is 5.86. The predicted molar refractivity (Wildman–Crippen MR) is 34.0 cm³/mol. The molecule has 2 heteroatoms. The van der Waals surface area contributed by atoms with Crippen LogP contribution in [0.2, 0.25) is 0 Å². The number of carbonyl (C=O) groups is 1. The van der Waals surface area contributed by atoms with Crippen molar-refractivity contribution >= 4 is 5.78 Å². The quantitative estimate of drug-likeness (QED) is 0.520. The highest BCUT2D eigenvalue weighted by Gasteiger charge is 2.26. The summed E-state index contributed by atoms with van der Waals surface area (Å²) in [4.78, 5) is 10.8. The van der Waals surface area contributed by atoms with Gasteiger partial charge in [-0.05, 0) is 6.42 Å². The van der Waals surface area contributed by atoms with Crippen LogP contribution in [-0.2, 0) is 4.79 Å². The van der Waals surface area contributed by atoms with Crippen LogP contribution in [0.5, 0.6) is 0 Å². The molecule has 0 amide bonds. The van der Waals surface area contributed by atoms with Crippen LogP contribution in [-0.4, -0.2) is 17.5 Å². The van der Waals surface area contributed by atoms with Crippen molar-refractivity contribution in [3.8, 4) is 0 Å². The van der Waals surface area contributed by atoms with E-state index >= 15 is 0 Å². The fourth-order valence-electron chi connectivity index (χ4n) is 1.09. The lowest BCUT2D eigenvalue weighted by Gasteiger charge is -2.02. The van der Waals surface area contributed by atoms with Gasteiger partial charge in [-0.15, -0.1) is 0 Å². The Morgan fingerprint density at radius 1 is 1.67 bits per heavy atom. The zero-order valence-electron chi connectivity index (χ0n) is 5.26. The molecule has 1 fully saturated rings. The molecule has 0 radical (unpaired) electrons. The summed E-state index contributed by atoms with van der Waals surface area (Å²) in [6.45, 7) is 3.62. The first-order valence-corrected chi connectivity index (χ1v) is 3.07. The molecule has 0 bridgehead atoms. The molecule has 0 spiro atoms. The molecule has 1 aliphatic rings. The third-order valence-corrected chi connectivity index (χ3v) is 1.76. The monoisotopic (exact) mass is 126 g/mol. The molecule has 1 rings (SSSR count). The van der Waals surface area contributed by atoms with Gasteiger partial charge in [-0.1, -0.05) is 12.2 Å². The van der Waals surface area contributed by atoms with Gasteiger partial charge in [-0.2, -0.15) is 0 Å². The Balaban J connectivity index is 2.66. The summed E-state index contributed by atoms with van der Waals surface area (Å²) in [7, 11) is 0. The second-order valence-corrected chi connectivity index (χ2v) is 2.36. The largest absolute Gasteiger partial charge is 0.395 e. The van der Waals surface area contributed by atoms with Crippen LogP contribution in [0.4, 0.5) is 0 Å². The molecule has 1 atom stereocenters. The van der Waals surface area contributed by atoms with Crippen LogP contribution in [0.15, 0.2) is 12.2 Å². The van der Waals surface area contributed by atoms with Crippen LogP contribution in [0.3, 0.4) is 0 Å². The van der Waals surface area contributed by atoms with Crippen molar-refractivity contribution in [2.45, 2.75) is 12.8 Å². The third-order valence-electron chi connectivity index (χ3n) is 1.76. The molecule has 2 nitrogen and oxygen atoms in total. The summed E-state index contributed by atoms with van der Waals surface area (Å²) in [5.41, 5.74) is 0.891. The Labute approximate surface area is 54.2 Å². The summed E-state index contributed by atoms with van der Waals surface area (Å²) in [6.07, 6.45) is 1.34. The first-order valence-electron chi connectivity index (χ1n) is 3.07. The summed E-state index contributed by atoms with van der Waals surface area (Å²) >= 11 is 0. The fraction of sp³-hybridized carbons (Fsp3) is 0.571. The minimum Gasteiger partial charge on any atom is -0.395 e. The molecule has 1 N–H and O–H groups in total. The average Bonchev–Trinajstić information content (AvgIpc) is 2.12.